The summed E-state index contributed by atoms with van der Waals surface area (Å²) in [6.07, 6.45) is 7.01. The molecule has 0 spiro atoms. The molecule has 5 nitrogen and oxygen atoms in total. The second-order valence-electron chi connectivity index (χ2n) is 4.11. The van der Waals surface area contributed by atoms with Gasteiger partial charge in [-0.1, -0.05) is 0 Å². The van der Waals surface area contributed by atoms with Gasteiger partial charge in [0.05, 0.1) is 17.4 Å². The Hall–Kier alpha value is -1.75. The molecular formula is C12H17N5. The number of nitrogens with zero attached hydrogens (tertiary/aromatic N) is 3. The third kappa shape index (κ3) is 2.68. The van der Waals surface area contributed by atoms with Crippen LogP contribution in [0.3, 0.4) is 0 Å². The van der Waals surface area contributed by atoms with E-state index in [1.165, 1.54) is 0 Å². The van der Waals surface area contributed by atoms with Crippen LogP contribution in [0.1, 0.15) is 43.1 Å². The normalized spacial score (nSPS) is 14.5. The van der Waals surface area contributed by atoms with Crippen molar-refractivity contribution in [3.8, 4) is 0 Å². The Balaban J connectivity index is 2.07. The first-order valence-electron chi connectivity index (χ1n) is 5.71. The standard InChI is InChI=1S/C12H17N5/c1-8-11(14-5-4-13-8)9(2)17-10(3)12-15-6-7-16-12/h4-7,9-10,17H,1-3H3,(H,15,16). The van der Waals surface area contributed by atoms with E-state index >= 15 is 0 Å². The van der Waals surface area contributed by atoms with Crippen molar-refractivity contribution in [1.29, 1.82) is 0 Å². The molecule has 2 atom stereocenters. The molecule has 0 saturated heterocycles. The average Bonchev–Trinajstić information content (AvgIpc) is 2.82. The summed E-state index contributed by atoms with van der Waals surface area (Å²) < 4.78 is 0. The Morgan fingerprint density at radius 3 is 2.47 bits per heavy atom. The Bertz CT molecular complexity index is 466. The molecule has 2 aromatic heterocycles. The zero-order valence-electron chi connectivity index (χ0n) is 10.3. The van der Waals surface area contributed by atoms with E-state index < -0.39 is 0 Å². The lowest BCUT2D eigenvalue weighted by molar-refractivity contribution is 0.469. The summed E-state index contributed by atoms with van der Waals surface area (Å²) in [4.78, 5) is 15.9. The maximum Gasteiger partial charge on any atom is 0.122 e. The molecule has 0 aromatic carbocycles. The van der Waals surface area contributed by atoms with Crippen LogP contribution in [0.15, 0.2) is 24.8 Å². The molecular weight excluding hydrogens is 214 g/mol. The summed E-state index contributed by atoms with van der Waals surface area (Å²) in [7, 11) is 0. The van der Waals surface area contributed by atoms with Gasteiger partial charge in [0.1, 0.15) is 5.82 Å². The van der Waals surface area contributed by atoms with E-state index in [0.29, 0.717) is 0 Å². The summed E-state index contributed by atoms with van der Waals surface area (Å²) in [6.45, 7) is 6.12. The summed E-state index contributed by atoms with van der Waals surface area (Å²) in [5.41, 5.74) is 1.94. The monoisotopic (exact) mass is 231 g/mol. The van der Waals surface area contributed by atoms with Crippen LogP contribution >= 0.6 is 0 Å². The minimum absolute atomic E-state index is 0.142. The highest BCUT2D eigenvalue weighted by molar-refractivity contribution is 5.13. The van der Waals surface area contributed by atoms with Crippen molar-refractivity contribution < 1.29 is 0 Å². The largest absolute Gasteiger partial charge is 0.347 e. The van der Waals surface area contributed by atoms with Gasteiger partial charge in [0.2, 0.25) is 0 Å². The van der Waals surface area contributed by atoms with E-state index in [0.717, 1.165) is 17.2 Å². The van der Waals surface area contributed by atoms with Crippen molar-refractivity contribution in [3.05, 3.63) is 42.0 Å². The molecule has 2 N–H and O–H groups in total. The summed E-state index contributed by atoms with van der Waals surface area (Å²) in [5, 5.41) is 3.44. The van der Waals surface area contributed by atoms with Crippen molar-refractivity contribution in [1.82, 2.24) is 25.3 Å². The van der Waals surface area contributed by atoms with E-state index in [2.05, 4.69) is 39.1 Å². The molecule has 0 saturated carbocycles. The first kappa shape index (κ1) is 11.7. The first-order chi connectivity index (χ1) is 8.18. The smallest absolute Gasteiger partial charge is 0.122 e. The average molecular weight is 231 g/mol. The number of aryl methyl sites for hydroxylation is 1. The predicted molar refractivity (Wildman–Crippen MR) is 65.3 cm³/mol. The topological polar surface area (TPSA) is 66.5 Å². The van der Waals surface area contributed by atoms with E-state index in [1.807, 2.05) is 13.1 Å². The van der Waals surface area contributed by atoms with Gasteiger partial charge >= 0.3 is 0 Å². The molecule has 0 bridgehead atoms. The molecule has 90 valence electrons. The third-order valence-corrected chi connectivity index (χ3v) is 2.76. The number of imidazole rings is 1. The molecule has 2 rings (SSSR count). The molecule has 5 heteroatoms. The molecule has 0 amide bonds. The van der Waals surface area contributed by atoms with Crippen LogP contribution in [0.25, 0.3) is 0 Å². The predicted octanol–water partition coefficient (Wildman–Crippen LogP) is 1.92. The second-order valence-corrected chi connectivity index (χ2v) is 4.11. The molecule has 2 heterocycles. The number of hydrogen-bond donors (Lipinski definition) is 2. The zero-order chi connectivity index (χ0) is 12.3. The van der Waals surface area contributed by atoms with Crippen molar-refractivity contribution >= 4 is 0 Å². The maximum absolute atomic E-state index is 4.36. The molecule has 0 aliphatic heterocycles. The second kappa shape index (κ2) is 5.05. The molecule has 0 aliphatic carbocycles. The Labute approximate surface area is 101 Å². The van der Waals surface area contributed by atoms with Gasteiger partial charge in [0, 0.05) is 30.8 Å². The van der Waals surface area contributed by atoms with Gasteiger partial charge in [-0.15, -0.1) is 0 Å². The molecule has 2 aromatic rings. The molecule has 2 unspecified atom stereocenters. The molecule has 0 fully saturated rings. The molecule has 0 aliphatic rings. The maximum atomic E-state index is 4.36. The van der Waals surface area contributed by atoms with E-state index in [1.54, 1.807) is 18.6 Å². The lowest BCUT2D eigenvalue weighted by Crippen LogP contribution is -2.24. The Morgan fingerprint density at radius 2 is 1.82 bits per heavy atom. The van der Waals surface area contributed by atoms with Crippen molar-refractivity contribution in [3.63, 3.8) is 0 Å². The van der Waals surface area contributed by atoms with Crippen LogP contribution in [-0.2, 0) is 0 Å². The molecule has 0 radical (unpaired) electrons. The van der Waals surface area contributed by atoms with Gasteiger partial charge < -0.3 is 4.98 Å². The first-order valence-corrected chi connectivity index (χ1v) is 5.71. The van der Waals surface area contributed by atoms with Gasteiger partial charge in [-0.3, -0.25) is 15.3 Å². The van der Waals surface area contributed by atoms with Gasteiger partial charge in [0.15, 0.2) is 0 Å². The third-order valence-electron chi connectivity index (χ3n) is 2.76. The number of aromatic nitrogens is 4. The van der Waals surface area contributed by atoms with Crippen molar-refractivity contribution in [2.45, 2.75) is 32.9 Å². The number of hydrogen-bond acceptors (Lipinski definition) is 4. The highest BCUT2D eigenvalue weighted by Crippen LogP contribution is 2.16. The van der Waals surface area contributed by atoms with Crippen LogP contribution < -0.4 is 5.32 Å². The summed E-state index contributed by atoms with van der Waals surface area (Å²) in [5.74, 6) is 0.929. The Kier molecular flexibility index (Phi) is 3.49. The minimum atomic E-state index is 0.142. The van der Waals surface area contributed by atoms with Crippen LogP contribution in [0.5, 0.6) is 0 Å². The number of rotatable bonds is 4. The van der Waals surface area contributed by atoms with E-state index in [-0.39, 0.29) is 12.1 Å². The number of H-pyrrole nitrogens is 1. The van der Waals surface area contributed by atoms with Crippen LogP contribution in [0.2, 0.25) is 0 Å². The fourth-order valence-corrected chi connectivity index (χ4v) is 1.89. The fraction of sp³-hybridized carbons (Fsp3) is 0.417. The fourth-order valence-electron chi connectivity index (χ4n) is 1.89. The number of aromatic amines is 1. The zero-order valence-corrected chi connectivity index (χ0v) is 10.3. The Morgan fingerprint density at radius 1 is 1.06 bits per heavy atom. The van der Waals surface area contributed by atoms with E-state index in [9.17, 15) is 0 Å². The van der Waals surface area contributed by atoms with Gasteiger partial charge in [0.25, 0.3) is 0 Å². The van der Waals surface area contributed by atoms with Crippen molar-refractivity contribution in [2.24, 2.45) is 0 Å². The highest BCUT2D eigenvalue weighted by Gasteiger charge is 2.15. The van der Waals surface area contributed by atoms with Gasteiger partial charge in [-0.05, 0) is 20.8 Å². The summed E-state index contributed by atoms with van der Waals surface area (Å²) in [6, 6.07) is 0.296. The van der Waals surface area contributed by atoms with Crippen LogP contribution in [0, 0.1) is 6.92 Å². The van der Waals surface area contributed by atoms with Gasteiger partial charge in [-0.2, -0.15) is 0 Å². The minimum Gasteiger partial charge on any atom is -0.347 e. The molecule has 17 heavy (non-hydrogen) atoms. The van der Waals surface area contributed by atoms with E-state index in [4.69, 9.17) is 0 Å². The van der Waals surface area contributed by atoms with Crippen LogP contribution in [0.4, 0.5) is 0 Å². The summed E-state index contributed by atoms with van der Waals surface area (Å²) >= 11 is 0. The quantitative estimate of drug-likeness (QED) is 0.843. The van der Waals surface area contributed by atoms with Crippen LogP contribution in [-0.4, -0.2) is 19.9 Å². The SMILES string of the molecule is Cc1nccnc1C(C)NC(C)c1ncc[nH]1. The van der Waals surface area contributed by atoms with Gasteiger partial charge in [-0.25, -0.2) is 4.98 Å². The lowest BCUT2D eigenvalue weighted by Gasteiger charge is -2.18. The lowest BCUT2D eigenvalue weighted by atomic mass is 10.1. The highest BCUT2D eigenvalue weighted by atomic mass is 15.0. The van der Waals surface area contributed by atoms with Crippen molar-refractivity contribution in [2.75, 3.05) is 0 Å². The number of nitrogens with one attached hydrogen (secondary N) is 2.